The van der Waals surface area contributed by atoms with Gasteiger partial charge in [0.1, 0.15) is 0 Å². The minimum absolute atomic E-state index is 0.467. The molecular formula is C12H17N3. The van der Waals surface area contributed by atoms with Crippen molar-refractivity contribution >= 4 is 0 Å². The predicted octanol–water partition coefficient (Wildman–Crippen LogP) is 1.66. The third-order valence-electron chi connectivity index (χ3n) is 1.32. The van der Waals surface area contributed by atoms with Crippen LogP contribution < -0.4 is 16.8 Å². The minimum atomic E-state index is 0.467. The zero-order valence-corrected chi connectivity index (χ0v) is 8.79. The molecule has 5 N–H and O–H groups in total. The van der Waals surface area contributed by atoms with Crippen molar-refractivity contribution in [1.29, 1.82) is 0 Å². The summed E-state index contributed by atoms with van der Waals surface area (Å²) in [6, 6.07) is 0. The zero-order valence-electron chi connectivity index (χ0n) is 8.79. The summed E-state index contributed by atoms with van der Waals surface area (Å²) in [5.74, 6) is 0. The molecule has 0 unspecified atom stereocenters. The smallest absolute Gasteiger partial charge is 0.0311 e. The van der Waals surface area contributed by atoms with Crippen molar-refractivity contribution in [2.24, 2.45) is 11.5 Å². The van der Waals surface area contributed by atoms with Gasteiger partial charge in [-0.25, -0.2) is 0 Å². The Kier molecular flexibility index (Phi) is 5.41. The van der Waals surface area contributed by atoms with Gasteiger partial charge in [0, 0.05) is 22.8 Å². The van der Waals surface area contributed by atoms with Gasteiger partial charge in [-0.2, -0.15) is 0 Å². The molecule has 3 nitrogen and oxygen atoms in total. The SMILES string of the molecule is C=C(N)/C=C\C(=C)NC(=C)/C=C\C(=C)N. The second-order valence-corrected chi connectivity index (χ2v) is 2.99. The van der Waals surface area contributed by atoms with Gasteiger partial charge in [-0.15, -0.1) is 0 Å². The predicted molar refractivity (Wildman–Crippen MR) is 66.4 cm³/mol. The van der Waals surface area contributed by atoms with Crippen molar-refractivity contribution < 1.29 is 0 Å². The molecule has 0 aromatic rings. The highest BCUT2D eigenvalue weighted by molar-refractivity contribution is 5.28. The molecule has 0 saturated carbocycles. The molecule has 0 amide bonds. The Balaban J connectivity index is 4.14. The topological polar surface area (TPSA) is 64.1 Å². The maximum Gasteiger partial charge on any atom is 0.0311 e. The first-order chi connectivity index (χ1) is 6.91. The fraction of sp³-hybridized carbons (Fsp3) is 0. The molecule has 0 aromatic heterocycles. The Hall–Kier alpha value is -2.16. The average Bonchev–Trinajstić information content (AvgIpc) is 2.11. The maximum absolute atomic E-state index is 5.36. The lowest BCUT2D eigenvalue weighted by Gasteiger charge is -2.04. The first-order valence-corrected chi connectivity index (χ1v) is 4.31. The summed E-state index contributed by atoms with van der Waals surface area (Å²) in [4.78, 5) is 0. The van der Waals surface area contributed by atoms with E-state index < -0.39 is 0 Å². The Morgan fingerprint density at radius 1 is 0.733 bits per heavy atom. The van der Waals surface area contributed by atoms with E-state index in [9.17, 15) is 0 Å². The quantitative estimate of drug-likeness (QED) is 0.575. The second-order valence-electron chi connectivity index (χ2n) is 2.99. The lowest BCUT2D eigenvalue weighted by molar-refractivity contribution is 1.06. The largest absolute Gasteiger partial charge is 0.399 e. The Bertz CT molecular complexity index is 312. The van der Waals surface area contributed by atoms with Crippen LogP contribution in [0.5, 0.6) is 0 Å². The molecule has 0 spiro atoms. The van der Waals surface area contributed by atoms with Gasteiger partial charge in [-0.1, -0.05) is 26.3 Å². The number of hydrogen-bond acceptors (Lipinski definition) is 3. The highest BCUT2D eigenvalue weighted by atomic mass is 14.9. The van der Waals surface area contributed by atoms with Crippen molar-refractivity contribution in [3.8, 4) is 0 Å². The van der Waals surface area contributed by atoms with E-state index >= 15 is 0 Å². The van der Waals surface area contributed by atoms with E-state index in [0.29, 0.717) is 22.8 Å². The summed E-state index contributed by atoms with van der Waals surface area (Å²) in [5.41, 5.74) is 13.0. The molecule has 0 fully saturated rings. The van der Waals surface area contributed by atoms with Crippen LogP contribution in [0.2, 0.25) is 0 Å². The highest BCUT2D eigenvalue weighted by Crippen LogP contribution is 1.97. The normalized spacial score (nSPS) is 10.4. The fourth-order valence-electron chi connectivity index (χ4n) is 0.705. The molecule has 15 heavy (non-hydrogen) atoms. The van der Waals surface area contributed by atoms with Gasteiger partial charge >= 0.3 is 0 Å². The first kappa shape index (κ1) is 12.8. The average molecular weight is 203 g/mol. The van der Waals surface area contributed by atoms with Crippen LogP contribution in [0.15, 0.2) is 73.4 Å². The van der Waals surface area contributed by atoms with Crippen LogP contribution in [-0.4, -0.2) is 0 Å². The van der Waals surface area contributed by atoms with E-state index in [0.717, 1.165) is 0 Å². The van der Waals surface area contributed by atoms with Gasteiger partial charge in [-0.3, -0.25) is 0 Å². The van der Waals surface area contributed by atoms with Crippen LogP contribution in [0.3, 0.4) is 0 Å². The Morgan fingerprint density at radius 3 is 1.33 bits per heavy atom. The van der Waals surface area contributed by atoms with E-state index in [1.807, 2.05) is 0 Å². The van der Waals surface area contributed by atoms with Gasteiger partial charge < -0.3 is 16.8 Å². The fourth-order valence-corrected chi connectivity index (χ4v) is 0.705. The van der Waals surface area contributed by atoms with Crippen molar-refractivity contribution in [2.45, 2.75) is 0 Å². The third kappa shape index (κ3) is 8.18. The van der Waals surface area contributed by atoms with E-state index in [1.165, 1.54) is 0 Å². The number of nitrogens with two attached hydrogens (primary N) is 2. The number of rotatable bonds is 6. The summed E-state index contributed by atoms with van der Waals surface area (Å²) in [6.07, 6.45) is 6.71. The molecule has 0 aliphatic rings. The standard InChI is InChI=1S/C12H17N3/c1-9(13)5-7-11(3)15-12(4)8-6-10(2)14/h5-8,15H,1-4,13-14H2/b7-5-,8-6-. The lowest BCUT2D eigenvalue weighted by atomic mass is 10.3. The third-order valence-corrected chi connectivity index (χ3v) is 1.32. The molecule has 0 radical (unpaired) electrons. The first-order valence-electron chi connectivity index (χ1n) is 4.31. The number of allylic oxidation sites excluding steroid dienone is 4. The highest BCUT2D eigenvalue weighted by Gasteiger charge is 1.89. The summed E-state index contributed by atoms with van der Waals surface area (Å²) in [6.45, 7) is 14.5. The summed E-state index contributed by atoms with van der Waals surface area (Å²) < 4.78 is 0. The van der Waals surface area contributed by atoms with E-state index in [1.54, 1.807) is 24.3 Å². The second kappa shape index (κ2) is 6.32. The summed E-state index contributed by atoms with van der Waals surface area (Å²) >= 11 is 0. The van der Waals surface area contributed by atoms with Crippen molar-refractivity contribution in [2.75, 3.05) is 0 Å². The van der Waals surface area contributed by atoms with Gasteiger partial charge in [0.15, 0.2) is 0 Å². The van der Waals surface area contributed by atoms with E-state index in [2.05, 4.69) is 31.6 Å². The van der Waals surface area contributed by atoms with Crippen molar-refractivity contribution in [1.82, 2.24) is 5.32 Å². The van der Waals surface area contributed by atoms with Crippen LogP contribution in [0, 0.1) is 0 Å². The molecule has 0 saturated heterocycles. The van der Waals surface area contributed by atoms with Crippen LogP contribution in [0.4, 0.5) is 0 Å². The van der Waals surface area contributed by atoms with E-state index in [4.69, 9.17) is 11.5 Å². The molecular weight excluding hydrogens is 186 g/mol. The lowest BCUT2D eigenvalue weighted by Crippen LogP contribution is -2.07. The van der Waals surface area contributed by atoms with Gasteiger partial charge in [0.05, 0.1) is 0 Å². The molecule has 0 heterocycles. The van der Waals surface area contributed by atoms with Crippen LogP contribution in [0.1, 0.15) is 0 Å². The van der Waals surface area contributed by atoms with Crippen LogP contribution >= 0.6 is 0 Å². The minimum Gasteiger partial charge on any atom is -0.399 e. The van der Waals surface area contributed by atoms with Crippen LogP contribution in [0.25, 0.3) is 0 Å². The molecule has 0 rings (SSSR count). The number of hydrogen-bond donors (Lipinski definition) is 3. The van der Waals surface area contributed by atoms with Crippen molar-refractivity contribution in [3.63, 3.8) is 0 Å². The van der Waals surface area contributed by atoms with Crippen LogP contribution in [-0.2, 0) is 0 Å². The molecule has 0 aliphatic carbocycles. The van der Waals surface area contributed by atoms with E-state index in [-0.39, 0.29) is 0 Å². The van der Waals surface area contributed by atoms with Gasteiger partial charge in [0.25, 0.3) is 0 Å². The molecule has 80 valence electrons. The van der Waals surface area contributed by atoms with Gasteiger partial charge in [0.2, 0.25) is 0 Å². The molecule has 0 aliphatic heterocycles. The summed E-state index contributed by atoms with van der Waals surface area (Å²) in [7, 11) is 0. The number of nitrogens with one attached hydrogen (secondary N) is 1. The molecule has 0 aromatic carbocycles. The molecule has 3 heteroatoms. The Morgan fingerprint density at radius 2 is 1.07 bits per heavy atom. The van der Waals surface area contributed by atoms with Gasteiger partial charge in [-0.05, 0) is 24.3 Å². The monoisotopic (exact) mass is 203 g/mol. The Labute approximate surface area is 90.8 Å². The molecule has 0 bridgehead atoms. The van der Waals surface area contributed by atoms with Crippen molar-refractivity contribution in [3.05, 3.63) is 73.4 Å². The molecule has 0 atom stereocenters. The maximum atomic E-state index is 5.36. The summed E-state index contributed by atoms with van der Waals surface area (Å²) in [5, 5.41) is 2.93. The zero-order chi connectivity index (χ0) is 11.8.